The van der Waals surface area contributed by atoms with Crippen molar-refractivity contribution in [1.29, 1.82) is 0 Å². The maximum absolute atomic E-state index is 10.4. The number of nitrogens with zero attached hydrogens (tertiary/aromatic N) is 3. The molecule has 3 N–H and O–H groups in total. The average Bonchev–Trinajstić information content (AvgIpc) is 2.55. The number of hydrogen-bond acceptors (Lipinski definition) is 4. The van der Waals surface area contributed by atoms with Crippen molar-refractivity contribution in [3.05, 3.63) is 11.4 Å². The molecular formula is C16H32N4O. The van der Waals surface area contributed by atoms with Gasteiger partial charge in [0, 0.05) is 19.6 Å². The molecule has 1 rings (SSSR count). The second-order valence-corrected chi connectivity index (χ2v) is 6.93. The molecule has 0 bridgehead atoms. The summed E-state index contributed by atoms with van der Waals surface area (Å²) in [5, 5.41) is 14.8. The van der Waals surface area contributed by atoms with E-state index in [0.717, 1.165) is 30.2 Å². The van der Waals surface area contributed by atoms with E-state index in [2.05, 4.69) is 37.7 Å². The van der Waals surface area contributed by atoms with E-state index in [1.807, 2.05) is 18.5 Å². The van der Waals surface area contributed by atoms with E-state index in [1.54, 1.807) is 0 Å². The molecule has 0 fully saturated rings. The predicted molar refractivity (Wildman–Crippen MR) is 88.2 cm³/mol. The van der Waals surface area contributed by atoms with E-state index < -0.39 is 6.10 Å². The van der Waals surface area contributed by atoms with Gasteiger partial charge in [-0.05, 0) is 25.7 Å². The fraction of sp³-hybridized carbons (Fsp3) is 0.812. The summed E-state index contributed by atoms with van der Waals surface area (Å²) < 4.78 is 1.82. The van der Waals surface area contributed by atoms with Crippen LogP contribution in [0.5, 0.6) is 0 Å². The summed E-state index contributed by atoms with van der Waals surface area (Å²) in [6.07, 6.45) is -0.431. The topological polar surface area (TPSA) is 67.3 Å². The zero-order valence-corrected chi connectivity index (χ0v) is 14.4. The van der Waals surface area contributed by atoms with Crippen LogP contribution in [0, 0.1) is 25.7 Å². The van der Waals surface area contributed by atoms with Gasteiger partial charge in [0.15, 0.2) is 0 Å². The molecule has 122 valence electrons. The smallest absolute Gasteiger partial charge is 0.0862 e. The van der Waals surface area contributed by atoms with Crippen molar-refractivity contribution >= 4 is 5.69 Å². The molecule has 1 unspecified atom stereocenters. The predicted octanol–water partition coefficient (Wildman–Crippen LogP) is 2.06. The second-order valence-electron chi connectivity index (χ2n) is 6.93. The summed E-state index contributed by atoms with van der Waals surface area (Å²) in [5.74, 6) is 1.19. The molecule has 0 amide bonds. The van der Waals surface area contributed by atoms with Crippen LogP contribution in [0.4, 0.5) is 5.69 Å². The van der Waals surface area contributed by atoms with E-state index in [9.17, 15) is 5.11 Å². The van der Waals surface area contributed by atoms with Gasteiger partial charge >= 0.3 is 0 Å². The van der Waals surface area contributed by atoms with Gasteiger partial charge < -0.3 is 15.7 Å². The number of aryl methyl sites for hydroxylation is 1. The molecule has 21 heavy (non-hydrogen) atoms. The van der Waals surface area contributed by atoms with Crippen LogP contribution in [-0.4, -0.2) is 45.5 Å². The summed E-state index contributed by atoms with van der Waals surface area (Å²) in [6.45, 7) is 15.9. The largest absolute Gasteiger partial charge is 0.396 e. The van der Waals surface area contributed by atoms with E-state index in [-0.39, 0.29) is 0 Å². The maximum atomic E-state index is 10.4. The second kappa shape index (κ2) is 7.80. The van der Waals surface area contributed by atoms with E-state index in [0.29, 0.717) is 24.9 Å². The zero-order valence-electron chi connectivity index (χ0n) is 14.4. The highest BCUT2D eigenvalue weighted by atomic mass is 16.3. The lowest BCUT2D eigenvalue weighted by atomic mass is 10.1. The quantitative estimate of drug-likeness (QED) is 0.770. The van der Waals surface area contributed by atoms with Crippen molar-refractivity contribution in [2.45, 2.75) is 54.2 Å². The summed E-state index contributed by atoms with van der Waals surface area (Å²) in [7, 11) is 0. The Hall–Kier alpha value is -1.07. The Kier molecular flexibility index (Phi) is 6.68. The molecule has 5 heteroatoms. The van der Waals surface area contributed by atoms with Crippen molar-refractivity contribution < 1.29 is 5.11 Å². The highest BCUT2D eigenvalue weighted by Crippen LogP contribution is 2.15. The van der Waals surface area contributed by atoms with Gasteiger partial charge in [0.05, 0.1) is 29.7 Å². The van der Waals surface area contributed by atoms with Crippen LogP contribution in [0.1, 0.15) is 39.1 Å². The van der Waals surface area contributed by atoms with Crippen molar-refractivity contribution in [2.24, 2.45) is 11.8 Å². The Balaban J connectivity index is 2.64. The van der Waals surface area contributed by atoms with Crippen molar-refractivity contribution in [2.75, 3.05) is 25.4 Å². The molecule has 0 aliphatic carbocycles. The molecule has 0 aliphatic rings. The number of anilines is 1. The third-order valence-corrected chi connectivity index (χ3v) is 3.54. The van der Waals surface area contributed by atoms with Crippen LogP contribution in [-0.2, 0) is 6.54 Å². The van der Waals surface area contributed by atoms with Crippen LogP contribution in [0.25, 0.3) is 0 Å². The molecular weight excluding hydrogens is 264 g/mol. The van der Waals surface area contributed by atoms with E-state index >= 15 is 0 Å². The number of rotatable bonds is 8. The molecule has 0 spiro atoms. The Morgan fingerprint density at radius 3 is 2.00 bits per heavy atom. The number of nitrogen functional groups attached to an aromatic ring is 1. The monoisotopic (exact) mass is 296 g/mol. The number of aromatic nitrogens is 2. The minimum Gasteiger partial charge on any atom is -0.396 e. The lowest BCUT2D eigenvalue weighted by Crippen LogP contribution is -2.39. The van der Waals surface area contributed by atoms with Crippen molar-refractivity contribution in [3.8, 4) is 0 Å². The summed E-state index contributed by atoms with van der Waals surface area (Å²) >= 11 is 0. The van der Waals surface area contributed by atoms with Crippen LogP contribution in [0.3, 0.4) is 0 Å². The molecule has 0 saturated carbocycles. The molecule has 0 radical (unpaired) electrons. The van der Waals surface area contributed by atoms with E-state index in [4.69, 9.17) is 5.73 Å². The van der Waals surface area contributed by atoms with E-state index in [1.165, 1.54) is 0 Å². The lowest BCUT2D eigenvalue weighted by Gasteiger charge is -2.28. The van der Waals surface area contributed by atoms with Crippen molar-refractivity contribution in [1.82, 2.24) is 14.7 Å². The van der Waals surface area contributed by atoms with Crippen molar-refractivity contribution in [3.63, 3.8) is 0 Å². The molecule has 1 aromatic heterocycles. The first kappa shape index (κ1) is 18.0. The van der Waals surface area contributed by atoms with Gasteiger partial charge in [-0.3, -0.25) is 4.68 Å². The Morgan fingerprint density at radius 1 is 1.10 bits per heavy atom. The third kappa shape index (κ3) is 5.67. The molecule has 5 nitrogen and oxygen atoms in total. The summed E-state index contributed by atoms with van der Waals surface area (Å²) in [5.41, 5.74) is 8.43. The fourth-order valence-electron chi connectivity index (χ4n) is 2.70. The minimum absolute atomic E-state index is 0.431. The number of hydrogen-bond donors (Lipinski definition) is 2. The number of aliphatic hydroxyl groups is 1. The summed E-state index contributed by atoms with van der Waals surface area (Å²) in [4.78, 5) is 2.34. The van der Waals surface area contributed by atoms with Gasteiger partial charge in [-0.15, -0.1) is 0 Å². The SMILES string of the molecule is Cc1nn(CC(O)CN(CC(C)C)CC(C)C)c(C)c1N. The molecule has 1 aromatic rings. The van der Waals surface area contributed by atoms with Gasteiger partial charge in [0.25, 0.3) is 0 Å². The van der Waals surface area contributed by atoms with Crippen LogP contribution in [0.2, 0.25) is 0 Å². The first-order valence-corrected chi connectivity index (χ1v) is 7.90. The molecule has 0 saturated heterocycles. The molecule has 0 aliphatic heterocycles. The number of nitrogens with two attached hydrogens (primary N) is 1. The maximum Gasteiger partial charge on any atom is 0.0862 e. The minimum atomic E-state index is -0.431. The third-order valence-electron chi connectivity index (χ3n) is 3.54. The van der Waals surface area contributed by atoms with Crippen LogP contribution in [0.15, 0.2) is 0 Å². The Bertz CT molecular complexity index is 430. The first-order chi connectivity index (χ1) is 9.70. The highest BCUT2D eigenvalue weighted by molar-refractivity contribution is 5.46. The zero-order chi connectivity index (χ0) is 16.2. The Morgan fingerprint density at radius 2 is 1.62 bits per heavy atom. The lowest BCUT2D eigenvalue weighted by molar-refractivity contribution is 0.0829. The van der Waals surface area contributed by atoms with Crippen LogP contribution < -0.4 is 5.73 Å². The van der Waals surface area contributed by atoms with Gasteiger partial charge in [0.1, 0.15) is 0 Å². The van der Waals surface area contributed by atoms with Gasteiger partial charge in [0.2, 0.25) is 0 Å². The molecule has 1 atom stereocenters. The highest BCUT2D eigenvalue weighted by Gasteiger charge is 2.17. The van der Waals surface area contributed by atoms with Gasteiger partial charge in [-0.25, -0.2) is 0 Å². The standard InChI is InChI=1S/C16H32N4O/c1-11(2)7-19(8-12(3)4)9-15(21)10-20-14(6)16(17)13(5)18-20/h11-12,15,21H,7-10,17H2,1-6H3. The normalized spacial score (nSPS) is 13.6. The average molecular weight is 296 g/mol. The molecule has 1 heterocycles. The fourth-order valence-corrected chi connectivity index (χ4v) is 2.70. The van der Waals surface area contributed by atoms with Gasteiger partial charge in [-0.2, -0.15) is 5.10 Å². The summed E-state index contributed by atoms with van der Waals surface area (Å²) in [6, 6.07) is 0. The Labute approximate surface area is 129 Å². The van der Waals surface area contributed by atoms with Gasteiger partial charge in [-0.1, -0.05) is 27.7 Å². The number of aliphatic hydroxyl groups excluding tert-OH is 1. The van der Waals surface area contributed by atoms with Crippen LogP contribution >= 0.6 is 0 Å². The first-order valence-electron chi connectivity index (χ1n) is 7.90. The molecule has 0 aromatic carbocycles.